The van der Waals surface area contributed by atoms with Gasteiger partial charge in [0.15, 0.2) is 15.5 Å². The highest BCUT2D eigenvalue weighted by Gasteiger charge is 2.35. The standard InChI is InChI=1S/C19H16ClF3N2O4S/c1-29-17-7-4-13(10-15(17)20)25-16(11-18(24-25)19(21,22)23)12-2-5-14(6-3-12)30(27,28)9-8-26/h2-7,10-11,26H,8-9H2,1H3. The summed E-state index contributed by atoms with van der Waals surface area (Å²) in [6.45, 7) is -0.538. The van der Waals surface area contributed by atoms with Crippen LogP contribution >= 0.6 is 11.6 Å². The molecule has 0 aliphatic carbocycles. The monoisotopic (exact) mass is 460 g/mol. The van der Waals surface area contributed by atoms with E-state index in [1.165, 1.54) is 49.6 Å². The van der Waals surface area contributed by atoms with Crippen molar-refractivity contribution in [3.05, 3.63) is 59.2 Å². The third-order valence-corrected chi connectivity index (χ3v) is 6.25. The first kappa shape index (κ1) is 22.1. The quantitative estimate of drug-likeness (QED) is 0.601. The molecule has 1 N–H and O–H groups in total. The Kier molecular flexibility index (Phi) is 6.11. The van der Waals surface area contributed by atoms with Gasteiger partial charge in [-0.25, -0.2) is 13.1 Å². The van der Waals surface area contributed by atoms with Crippen LogP contribution in [0.15, 0.2) is 53.4 Å². The van der Waals surface area contributed by atoms with Gasteiger partial charge in [-0.15, -0.1) is 0 Å². The largest absolute Gasteiger partial charge is 0.495 e. The number of sulfone groups is 1. The van der Waals surface area contributed by atoms with Gasteiger partial charge < -0.3 is 9.84 Å². The number of hydrogen-bond acceptors (Lipinski definition) is 5. The van der Waals surface area contributed by atoms with Gasteiger partial charge in [-0.1, -0.05) is 23.7 Å². The fourth-order valence-electron chi connectivity index (χ4n) is 2.78. The Balaban J connectivity index is 2.12. The van der Waals surface area contributed by atoms with Crippen molar-refractivity contribution in [3.63, 3.8) is 0 Å². The van der Waals surface area contributed by atoms with Crippen LogP contribution in [0.4, 0.5) is 13.2 Å². The lowest BCUT2D eigenvalue weighted by Gasteiger charge is -2.10. The fourth-order valence-corrected chi connectivity index (χ4v) is 4.06. The Morgan fingerprint density at radius 1 is 1.13 bits per heavy atom. The predicted molar refractivity (Wildman–Crippen MR) is 105 cm³/mol. The second kappa shape index (κ2) is 8.29. The van der Waals surface area contributed by atoms with Gasteiger partial charge in [-0.2, -0.15) is 18.3 Å². The van der Waals surface area contributed by atoms with Crippen LogP contribution in [0.25, 0.3) is 16.9 Å². The molecule has 2 aromatic carbocycles. The molecule has 11 heteroatoms. The van der Waals surface area contributed by atoms with E-state index in [0.717, 1.165) is 10.7 Å². The highest BCUT2D eigenvalue weighted by Crippen LogP contribution is 2.35. The van der Waals surface area contributed by atoms with Gasteiger partial charge >= 0.3 is 6.18 Å². The van der Waals surface area contributed by atoms with Gasteiger partial charge in [0.2, 0.25) is 0 Å². The molecule has 30 heavy (non-hydrogen) atoms. The lowest BCUT2D eigenvalue weighted by atomic mass is 10.1. The number of benzene rings is 2. The topological polar surface area (TPSA) is 81.4 Å². The van der Waals surface area contributed by atoms with Gasteiger partial charge in [0.25, 0.3) is 0 Å². The number of aliphatic hydroxyl groups excluding tert-OH is 1. The zero-order valence-corrected chi connectivity index (χ0v) is 17.1. The number of alkyl halides is 3. The van der Waals surface area contributed by atoms with Gasteiger partial charge in [-0.05, 0) is 36.4 Å². The number of methoxy groups -OCH3 is 1. The molecule has 6 nitrogen and oxygen atoms in total. The van der Waals surface area contributed by atoms with Crippen LogP contribution < -0.4 is 4.74 Å². The zero-order valence-electron chi connectivity index (χ0n) is 15.5. The molecular weight excluding hydrogens is 445 g/mol. The average Bonchev–Trinajstić information content (AvgIpc) is 3.14. The lowest BCUT2D eigenvalue weighted by molar-refractivity contribution is -0.141. The van der Waals surface area contributed by atoms with Crippen molar-refractivity contribution in [1.82, 2.24) is 9.78 Å². The summed E-state index contributed by atoms with van der Waals surface area (Å²) in [7, 11) is -2.28. The Labute approximate surface area is 175 Å². The van der Waals surface area contributed by atoms with E-state index in [2.05, 4.69) is 5.10 Å². The van der Waals surface area contributed by atoms with E-state index in [-0.39, 0.29) is 21.3 Å². The molecule has 0 amide bonds. The second-order valence-corrected chi connectivity index (χ2v) is 8.73. The molecule has 0 radical (unpaired) electrons. The molecule has 0 aliphatic heterocycles. The van der Waals surface area contributed by atoms with Crippen LogP contribution in [0, 0.1) is 0 Å². The summed E-state index contributed by atoms with van der Waals surface area (Å²) in [6, 6.07) is 10.6. The van der Waals surface area contributed by atoms with Gasteiger partial charge in [0, 0.05) is 5.56 Å². The van der Waals surface area contributed by atoms with E-state index < -0.39 is 34.1 Å². The Morgan fingerprint density at radius 3 is 2.33 bits per heavy atom. The summed E-state index contributed by atoms with van der Waals surface area (Å²) < 4.78 is 70.1. The first-order chi connectivity index (χ1) is 14.1. The van der Waals surface area contributed by atoms with E-state index in [9.17, 15) is 21.6 Å². The molecule has 0 saturated carbocycles. The van der Waals surface area contributed by atoms with E-state index in [1.54, 1.807) is 0 Å². The summed E-state index contributed by atoms with van der Waals surface area (Å²) in [5, 5.41) is 12.7. The molecule has 0 bridgehead atoms. The number of halogens is 4. The summed E-state index contributed by atoms with van der Waals surface area (Å²) in [6.07, 6.45) is -4.68. The number of ether oxygens (including phenoxy) is 1. The fraction of sp³-hybridized carbons (Fsp3) is 0.211. The Bertz CT molecular complexity index is 1160. The van der Waals surface area contributed by atoms with Crippen molar-refractivity contribution in [3.8, 4) is 22.7 Å². The minimum absolute atomic E-state index is 0.0464. The number of aliphatic hydroxyl groups is 1. The van der Waals surface area contributed by atoms with Crippen molar-refractivity contribution in [2.75, 3.05) is 19.5 Å². The maximum atomic E-state index is 13.3. The average molecular weight is 461 g/mol. The Hall–Kier alpha value is -2.56. The van der Waals surface area contributed by atoms with E-state index >= 15 is 0 Å². The van der Waals surface area contributed by atoms with Crippen molar-refractivity contribution in [2.24, 2.45) is 0 Å². The maximum Gasteiger partial charge on any atom is 0.435 e. The highest BCUT2D eigenvalue weighted by molar-refractivity contribution is 7.91. The van der Waals surface area contributed by atoms with E-state index in [0.29, 0.717) is 11.3 Å². The third-order valence-electron chi connectivity index (χ3n) is 4.25. The van der Waals surface area contributed by atoms with Crippen molar-refractivity contribution >= 4 is 21.4 Å². The number of rotatable bonds is 6. The van der Waals surface area contributed by atoms with E-state index in [4.69, 9.17) is 21.4 Å². The molecule has 0 spiro atoms. The number of hydrogen-bond donors (Lipinski definition) is 1. The van der Waals surface area contributed by atoms with Crippen molar-refractivity contribution in [2.45, 2.75) is 11.1 Å². The molecule has 1 heterocycles. The van der Waals surface area contributed by atoms with E-state index in [1.807, 2.05) is 0 Å². The molecule has 0 saturated heterocycles. The molecule has 160 valence electrons. The van der Waals surface area contributed by atoms with Crippen LogP contribution in [0.2, 0.25) is 5.02 Å². The lowest BCUT2D eigenvalue weighted by Crippen LogP contribution is -2.09. The van der Waals surface area contributed by atoms with Gasteiger partial charge in [0.05, 0.1) is 40.8 Å². The van der Waals surface area contributed by atoms with Crippen LogP contribution in [-0.4, -0.2) is 42.8 Å². The number of nitrogens with zero attached hydrogens (tertiary/aromatic N) is 2. The third kappa shape index (κ3) is 4.45. The molecule has 0 fully saturated rings. The summed E-state index contributed by atoms with van der Waals surface area (Å²) >= 11 is 6.10. The van der Waals surface area contributed by atoms with Crippen LogP contribution in [0.3, 0.4) is 0 Å². The molecule has 0 unspecified atom stereocenters. The first-order valence-corrected chi connectivity index (χ1v) is 10.5. The molecular formula is C19H16ClF3N2O4S. The van der Waals surface area contributed by atoms with Crippen LogP contribution in [0.5, 0.6) is 5.75 Å². The zero-order chi connectivity index (χ0) is 22.1. The van der Waals surface area contributed by atoms with Gasteiger partial charge in [0.1, 0.15) is 5.75 Å². The van der Waals surface area contributed by atoms with Gasteiger partial charge in [-0.3, -0.25) is 0 Å². The summed E-state index contributed by atoms with van der Waals surface area (Å²) in [5.74, 6) is -0.101. The maximum absolute atomic E-state index is 13.3. The van der Waals surface area contributed by atoms with Crippen molar-refractivity contribution in [1.29, 1.82) is 0 Å². The Morgan fingerprint density at radius 2 is 1.80 bits per heavy atom. The summed E-state index contributed by atoms with van der Waals surface area (Å²) in [4.78, 5) is -0.0464. The van der Waals surface area contributed by atoms with Crippen LogP contribution in [-0.2, 0) is 16.0 Å². The minimum Gasteiger partial charge on any atom is -0.495 e. The molecule has 3 rings (SSSR count). The van der Waals surface area contributed by atoms with Crippen molar-refractivity contribution < 1.29 is 31.4 Å². The summed E-state index contributed by atoms with van der Waals surface area (Å²) in [5.41, 5.74) is -0.438. The molecule has 0 atom stereocenters. The molecule has 1 aromatic heterocycles. The minimum atomic E-state index is -4.68. The van der Waals surface area contributed by atoms with Crippen LogP contribution in [0.1, 0.15) is 5.69 Å². The second-order valence-electron chi connectivity index (χ2n) is 6.21. The first-order valence-electron chi connectivity index (χ1n) is 8.52. The molecule has 3 aromatic rings. The molecule has 0 aliphatic rings. The smallest absolute Gasteiger partial charge is 0.435 e. The number of aromatic nitrogens is 2. The highest BCUT2D eigenvalue weighted by atomic mass is 35.5. The predicted octanol–water partition coefficient (Wildman–Crippen LogP) is 3.99. The normalized spacial score (nSPS) is 12.2. The SMILES string of the molecule is COc1ccc(-n2nc(C(F)(F)F)cc2-c2ccc(S(=O)(=O)CCO)cc2)cc1Cl.